The number of nitrogens with zero attached hydrogens (tertiary/aromatic N) is 1. The van der Waals surface area contributed by atoms with E-state index < -0.39 is 0 Å². The van der Waals surface area contributed by atoms with E-state index in [-0.39, 0.29) is 0 Å². The molecule has 2 rings (SSSR count). The van der Waals surface area contributed by atoms with Crippen LogP contribution in [0.1, 0.15) is 16.1 Å². The van der Waals surface area contributed by atoms with E-state index >= 15 is 0 Å². The van der Waals surface area contributed by atoms with Crippen LogP contribution in [-0.4, -0.2) is 25.3 Å². The van der Waals surface area contributed by atoms with Crippen LogP contribution in [0.3, 0.4) is 0 Å². The zero-order chi connectivity index (χ0) is 13.1. The lowest BCUT2D eigenvalue weighted by Crippen LogP contribution is -2.00. The molecule has 4 heteroatoms. The molecule has 0 fully saturated rings. The van der Waals surface area contributed by atoms with Gasteiger partial charge in [-0.2, -0.15) is 0 Å². The molecule has 0 amide bonds. The highest BCUT2D eigenvalue weighted by atomic mass is 32.1. The number of hydrogen-bond donors (Lipinski definition) is 0. The Bertz CT molecular complexity index is 671. The lowest BCUT2D eigenvalue weighted by molar-refractivity contribution is 0.112. The summed E-state index contributed by atoms with van der Waals surface area (Å²) in [6.45, 7) is 0. The smallest absolute Gasteiger partial charge is 0.155 e. The number of benzene rings is 1. The van der Waals surface area contributed by atoms with Crippen molar-refractivity contribution in [2.24, 2.45) is 0 Å². The Morgan fingerprint density at radius 1 is 1.28 bits per heavy atom. The van der Waals surface area contributed by atoms with Crippen molar-refractivity contribution in [2.75, 3.05) is 14.1 Å². The summed E-state index contributed by atoms with van der Waals surface area (Å²) < 4.78 is 6.24. The summed E-state index contributed by atoms with van der Waals surface area (Å²) in [6.07, 6.45) is 4.30. The maximum atomic E-state index is 11.2. The first-order valence-corrected chi connectivity index (χ1v) is 5.90. The molecular formula is C14H13NO2S. The van der Waals surface area contributed by atoms with Crippen molar-refractivity contribution in [1.29, 1.82) is 0 Å². The molecule has 92 valence electrons. The molecule has 1 aromatic carbocycles. The van der Waals surface area contributed by atoms with E-state index in [2.05, 4.69) is 0 Å². The predicted molar refractivity (Wildman–Crippen MR) is 75.2 cm³/mol. The molecule has 1 aromatic heterocycles. The van der Waals surface area contributed by atoms with Crippen LogP contribution in [0.2, 0.25) is 0 Å². The van der Waals surface area contributed by atoms with Crippen molar-refractivity contribution < 1.29 is 9.21 Å². The molecular weight excluding hydrogens is 246 g/mol. The number of fused-ring (bicyclic) bond motifs is 1. The average molecular weight is 259 g/mol. The minimum absolute atomic E-state index is 0.418. The molecule has 0 unspecified atom stereocenters. The number of rotatable bonds is 3. The topological polar surface area (TPSA) is 33.5 Å². The van der Waals surface area contributed by atoms with Gasteiger partial charge in [0.2, 0.25) is 0 Å². The first-order valence-electron chi connectivity index (χ1n) is 5.49. The number of carbonyl (C=O) groups excluding carboxylic acids is 1. The lowest BCUT2D eigenvalue weighted by Gasteiger charge is -2.06. The van der Waals surface area contributed by atoms with Crippen molar-refractivity contribution >= 4 is 35.5 Å². The molecule has 0 aliphatic carbocycles. The predicted octanol–water partition coefficient (Wildman–Crippen LogP) is 3.51. The molecule has 0 N–H and O–H groups in total. The maximum Gasteiger partial charge on any atom is 0.155 e. The molecule has 0 atom stereocenters. The Kier molecular flexibility index (Phi) is 3.58. The molecule has 0 bridgehead atoms. The number of hydrogen-bond acceptors (Lipinski definition) is 4. The highest BCUT2D eigenvalue weighted by Crippen LogP contribution is 2.22. The van der Waals surface area contributed by atoms with Crippen molar-refractivity contribution in [3.05, 3.63) is 46.3 Å². The van der Waals surface area contributed by atoms with E-state index in [0.717, 1.165) is 11.7 Å². The monoisotopic (exact) mass is 259 g/mol. The molecule has 0 aliphatic heterocycles. The normalized spacial score (nSPS) is 11.0. The second kappa shape index (κ2) is 5.14. The van der Waals surface area contributed by atoms with Crippen molar-refractivity contribution in [2.45, 2.75) is 0 Å². The highest BCUT2D eigenvalue weighted by molar-refractivity contribution is 7.71. The van der Waals surface area contributed by atoms with Gasteiger partial charge >= 0.3 is 0 Å². The van der Waals surface area contributed by atoms with Gasteiger partial charge in [0.25, 0.3) is 0 Å². The fraction of sp³-hybridized carbons (Fsp3) is 0.143. The van der Waals surface area contributed by atoms with E-state index in [0.29, 0.717) is 21.4 Å². The third-order valence-electron chi connectivity index (χ3n) is 2.50. The summed E-state index contributed by atoms with van der Waals surface area (Å²) in [5, 5.41) is 0.789. The van der Waals surface area contributed by atoms with Gasteiger partial charge in [0, 0.05) is 25.7 Å². The molecule has 2 aromatic rings. The summed E-state index contributed by atoms with van der Waals surface area (Å²) >= 11 is 5.32. The van der Waals surface area contributed by atoms with Gasteiger partial charge in [-0.15, -0.1) is 0 Å². The first kappa shape index (κ1) is 12.5. The lowest BCUT2D eigenvalue weighted by atomic mass is 10.1. The van der Waals surface area contributed by atoms with Gasteiger partial charge in [-0.25, -0.2) is 0 Å². The second-order valence-corrected chi connectivity index (χ2v) is 4.51. The zero-order valence-corrected chi connectivity index (χ0v) is 11.0. The van der Waals surface area contributed by atoms with Gasteiger partial charge in [0.15, 0.2) is 6.29 Å². The van der Waals surface area contributed by atoms with E-state index in [1.165, 1.54) is 0 Å². The van der Waals surface area contributed by atoms with Crippen LogP contribution in [-0.2, 0) is 0 Å². The summed E-state index contributed by atoms with van der Waals surface area (Å²) in [5.74, 6) is 0.488. The molecule has 3 nitrogen and oxygen atoms in total. The van der Waals surface area contributed by atoms with Crippen LogP contribution in [0.15, 0.2) is 34.9 Å². The minimum Gasteiger partial charge on any atom is -0.456 e. The third kappa shape index (κ3) is 2.33. The Morgan fingerprint density at radius 3 is 2.67 bits per heavy atom. The second-order valence-electron chi connectivity index (χ2n) is 4.10. The van der Waals surface area contributed by atoms with Gasteiger partial charge < -0.3 is 9.32 Å². The summed E-state index contributed by atoms with van der Waals surface area (Å²) in [6, 6.07) is 7.44. The Labute approximate surface area is 110 Å². The van der Waals surface area contributed by atoms with Gasteiger partial charge in [-0.3, -0.25) is 4.79 Å². The van der Waals surface area contributed by atoms with Crippen molar-refractivity contribution in [3.8, 4) is 0 Å². The average Bonchev–Trinajstić information content (AvgIpc) is 2.36. The van der Waals surface area contributed by atoms with Crippen LogP contribution < -0.4 is 0 Å². The van der Waals surface area contributed by atoms with E-state index in [1.807, 2.05) is 49.5 Å². The summed E-state index contributed by atoms with van der Waals surface area (Å²) in [4.78, 5) is 13.0. The van der Waals surface area contributed by atoms with Gasteiger partial charge in [0.1, 0.15) is 11.3 Å². The third-order valence-corrected chi connectivity index (χ3v) is 2.94. The van der Waals surface area contributed by atoms with E-state index in [9.17, 15) is 4.79 Å². The zero-order valence-electron chi connectivity index (χ0n) is 10.2. The quantitative estimate of drug-likeness (QED) is 0.624. The van der Waals surface area contributed by atoms with Crippen LogP contribution >= 0.6 is 12.2 Å². The SMILES string of the molecule is CN(C)/C=C/c1oc2ccccc2c(=S)c1C=O. The minimum atomic E-state index is 0.418. The van der Waals surface area contributed by atoms with E-state index in [4.69, 9.17) is 16.6 Å². The fourth-order valence-electron chi connectivity index (χ4n) is 1.63. The molecule has 1 heterocycles. The van der Waals surface area contributed by atoms with E-state index in [1.54, 1.807) is 6.08 Å². The van der Waals surface area contributed by atoms with Gasteiger partial charge in [-0.05, 0) is 18.2 Å². The van der Waals surface area contributed by atoms with Gasteiger partial charge in [0.05, 0.1) is 10.1 Å². The largest absolute Gasteiger partial charge is 0.456 e. The number of para-hydroxylation sites is 1. The fourth-order valence-corrected chi connectivity index (χ4v) is 1.94. The standard InChI is InChI=1S/C14H13NO2S/c1-15(2)8-7-13-11(9-16)14(18)10-5-3-4-6-12(10)17-13/h3-9H,1-2H3/b8-7+. The van der Waals surface area contributed by atoms with Crippen molar-refractivity contribution in [1.82, 2.24) is 4.90 Å². The van der Waals surface area contributed by atoms with Crippen LogP contribution in [0.4, 0.5) is 0 Å². The van der Waals surface area contributed by atoms with Crippen LogP contribution in [0.25, 0.3) is 17.0 Å². The van der Waals surface area contributed by atoms with Crippen molar-refractivity contribution in [3.63, 3.8) is 0 Å². The molecule has 18 heavy (non-hydrogen) atoms. The highest BCUT2D eigenvalue weighted by Gasteiger charge is 2.08. The molecule has 0 spiro atoms. The number of carbonyl (C=O) groups is 1. The summed E-state index contributed by atoms with van der Waals surface area (Å²) in [7, 11) is 3.79. The van der Waals surface area contributed by atoms with Gasteiger partial charge in [-0.1, -0.05) is 24.4 Å². The Hall–Kier alpha value is -1.94. The van der Waals surface area contributed by atoms with Crippen LogP contribution in [0, 0.1) is 4.51 Å². The Morgan fingerprint density at radius 2 is 2.00 bits per heavy atom. The number of aldehydes is 1. The summed E-state index contributed by atoms with van der Waals surface area (Å²) in [5.41, 5.74) is 1.10. The Balaban J connectivity index is 2.73. The van der Waals surface area contributed by atoms with Crippen LogP contribution in [0.5, 0.6) is 0 Å². The molecule has 0 saturated carbocycles. The first-order chi connectivity index (χ1) is 8.63. The molecule has 0 saturated heterocycles. The maximum absolute atomic E-state index is 11.2. The molecule has 0 aliphatic rings. The molecule has 0 radical (unpaired) electrons.